The number of nitrogens with zero attached hydrogens (tertiary/aromatic N) is 1. The number of nitrogens with one attached hydrogen (secondary N) is 3. The minimum atomic E-state index is -0.403. The molecule has 1 fully saturated rings. The van der Waals surface area contributed by atoms with E-state index in [0.717, 1.165) is 37.2 Å². The molecule has 1 aliphatic rings. The van der Waals surface area contributed by atoms with E-state index in [4.69, 9.17) is 9.47 Å². The summed E-state index contributed by atoms with van der Waals surface area (Å²) in [4.78, 5) is 27.9. The van der Waals surface area contributed by atoms with Crippen molar-refractivity contribution < 1.29 is 19.1 Å². The van der Waals surface area contributed by atoms with Gasteiger partial charge in [-0.15, -0.1) is 0 Å². The first kappa shape index (κ1) is 23.9. The number of benzene rings is 3. The summed E-state index contributed by atoms with van der Waals surface area (Å²) in [5, 5.41) is 8.72. The first-order valence-corrected chi connectivity index (χ1v) is 11.5. The minimum Gasteiger partial charge on any atom is -0.493 e. The molecule has 3 aromatic rings. The van der Waals surface area contributed by atoms with Gasteiger partial charge in [0.05, 0.1) is 25.6 Å². The van der Waals surface area contributed by atoms with Crippen molar-refractivity contribution in [3.05, 3.63) is 71.8 Å². The van der Waals surface area contributed by atoms with E-state index in [1.807, 2.05) is 37.3 Å². The van der Waals surface area contributed by atoms with Crippen LogP contribution in [0.25, 0.3) is 0 Å². The van der Waals surface area contributed by atoms with Crippen LogP contribution in [0.4, 0.5) is 27.5 Å². The first-order valence-electron chi connectivity index (χ1n) is 11.5. The summed E-state index contributed by atoms with van der Waals surface area (Å²) in [5.41, 5.74) is 4.28. The Kier molecular flexibility index (Phi) is 7.40. The summed E-state index contributed by atoms with van der Waals surface area (Å²) in [5.74, 6) is 0.888. The second kappa shape index (κ2) is 10.8. The van der Waals surface area contributed by atoms with E-state index in [9.17, 15) is 9.59 Å². The Morgan fingerprint density at radius 3 is 2.23 bits per heavy atom. The largest absolute Gasteiger partial charge is 0.493 e. The van der Waals surface area contributed by atoms with Gasteiger partial charge in [0.25, 0.3) is 5.91 Å². The Bertz CT molecular complexity index is 1220. The molecule has 4 rings (SSSR count). The summed E-state index contributed by atoms with van der Waals surface area (Å²) in [6, 6.07) is 17.7. The van der Waals surface area contributed by atoms with Gasteiger partial charge in [-0.25, -0.2) is 4.79 Å². The van der Waals surface area contributed by atoms with Crippen molar-refractivity contribution >= 4 is 34.7 Å². The maximum absolute atomic E-state index is 12.9. The minimum absolute atomic E-state index is 0.205. The first-order chi connectivity index (χ1) is 17.0. The lowest BCUT2D eigenvalue weighted by molar-refractivity contribution is 0.102. The quantitative estimate of drug-likeness (QED) is 0.420. The molecule has 0 radical (unpaired) electrons. The molecule has 0 atom stereocenters. The standard InChI is InChI=1S/C27H30N4O4/c1-18-7-6-8-19(15-18)26(32)28-20-9-11-23(31-13-4-5-14-31)22(16-20)30-27(33)29-21-10-12-24(34-2)25(17-21)35-3/h6-12,15-17H,4-5,13-14H2,1-3H3,(H,28,32)(H2,29,30,33). The fourth-order valence-corrected chi connectivity index (χ4v) is 4.14. The molecule has 1 saturated heterocycles. The number of rotatable bonds is 7. The third kappa shape index (κ3) is 5.84. The summed E-state index contributed by atoms with van der Waals surface area (Å²) in [7, 11) is 3.10. The van der Waals surface area contributed by atoms with Crippen LogP contribution in [0.15, 0.2) is 60.7 Å². The number of carbonyl (C=O) groups is 2. The topological polar surface area (TPSA) is 91.9 Å². The van der Waals surface area contributed by atoms with Crippen LogP contribution < -0.4 is 30.3 Å². The highest BCUT2D eigenvalue weighted by molar-refractivity contribution is 6.06. The molecule has 0 bridgehead atoms. The molecule has 0 aromatic heterocycles. The molecule has 3 aromatic carbocycles. The number of carbonyl (C=O) groups excluding carboxylic acids is 2. The predicted molar refractivity (Wildman–Crippen MR) is 139 cm³/mol. The summed E-state index contributed by atoms with van der Waals surface area (Å²) >= 11 is 0. The molecule has 8 nitrogen and oxygen atoms in total. The van der Waals surface area contributed by atoms with Gasteiger partial charge in [-0.05, 0) is 62.2 Å². The van der Waals surface area contributed by atoms with E-state index in [0.29, 0.717) is 34.1 Å². The Morgan fingerprint density at radius 1 is 0.800 bits per heavy atom. The number of ether oxygens (including phenoxy) is 2. The van der Waals surface area contributed by atoms with Crippen molar-refractivity contribution in [1.82, 2.24) is 0 Å². The third-order valence-corrected chi connectivity index (χ3v) is 5.87. The van der Waals surface area contributed by atoms with Gasteiger partial charge >= 0.3 is 6.03 Å². The third-order valence-electron chi connectivity index (χ3n) is 5.87. The van der Waals surface area contributed by atoms with Crippen LogP contribution >= 0.6 is 0 Å². The van der Waals surface area contributed by atoms with E-state index < -0.39 is 6.03 Å². The zero-order valence-corrected chi connectivity index (χ0v) is 20.2. The SMILES string of the molecule is COc1ccc(NC(=O)Nc2cc(NC(=O)c3cccc(C)c3)ccc2N2CCCC2)cc1OC. The highest BCUT2D eigenvalue weighted by Gasteiger charge is 2.19. The Balaban J connectivity index is 1.54. The molecular formula is C27H30N4O4. The lowest BCUT2D eigenvalue weighted by atomic mass is 10.1. The van der Waals surface area contributed by atoms with E-state index in [2.05, 4.69) is 20.9 Å². The van der Waals surface area contributed by atoms with Crippen molar-refractivity contribution in [3.8, 4) is 11.5 Å². The number of hydrogen-bond donors (Lipinski definition) is 3. The molecule has 0 aliphatic carbocycles. The van der Waals surface area contributed by atoms with Crippen molar-refractivity contribution in [2.24, 2.45) is 0 Å². The number of aryl methyl sites for hydroxylation is 1. The van der Waals surface area contributed by atoms with E-state index in [1.165, 1.54) is 0 Å². The van der Waals surface area contributed by atoms with E-state index in [-0.39, 0.29) is 5.91 Å². The molecule has 0 spiro atoms. The molecule has 0 unspecified atom stereocenters. The fourth-order valence-electron chi connectivity index (χ4n) is 4.14. The van der Waals surface area contributed by atoms with Crippen LogP contribution in [-0.2, 0) is 0 Å². The maximum Gasteiger partial charge on any atom is 0.323 e. The number of methoxy groups -OCH3 is 2. The molecule has 0 saturated carbocycles. The Morgan fingerprint density at radius 2 is 1.51 bits per heavy atom. The number of hydrogen-bond acceptors (Lipinski definition) is 5. The van der Waals surface area contributed by atoms with Crippen molar-refractivity contribution in [2.75, 3.05) is 48.2 Å². The molecule has 1 aliphatic heterocycles. The molecule has 35 heavy (non-hydrogen) atoms. The maximum atomic E-state index is 12.9. The fraction of sp³-hybridized carbons (Fsp3) is 0.259. The summed E-state index contributed by atoms with van der Waals surface area (Å²) < 4.78 is 10.6. The normalized spacial score (nSPS) is 12.7. The van der Waals surface area contributed by atoms with E-state index >= 15 is 0 Å². The predicted octanol–water partition coefficient (Wildman–Crippen LogP) is 5.51. The van der Waals surface area contributed by atoms with Gasteiger partial charge in [0.15, 0.2) is 11.5 Å². The molecule has 8 heteroatoms. The van der Waals surface area contributed by atoms with Crippen LogP contribution in [0.5, 0.6) is 11.5 Å². The molecular weight excluding hydrogens is 444 g/mol. The second-order valence-electron chi connectivity index (χ2n) is 8.40. The average molecular weight is 475 g/mol. The second-order valence-corrected chi connectivity index (χ2v) is 8.40. The Hall–Kier alpha value is -4.20. The molecule has 1 heterocycles. The highest BCUT2D eigenvalue weighted by Crippen LogP contribution is 2.33. The van der Waals surface area contributed by atoms with Crippen molar-refractivity contribution in [3.63, 3.8) is 0 Å². The van der Waals surface area contributed by atoms with Crippen LogP contribution in [-0.4, -0.2) is 39.2 Å². The molecule has 3 N–H and O–H groups in total. The summed E-state index contributed by atoms with van der Waals surface area (Å²) in [6.07, 6.45) is 2.20. The smallest absolute Gasteiger partial charge is 0.323 e. The van der Waals surface area contributed by atoms with Gasteiger partial charge < -0.3 is 30.3 Å². The van der Waals surface area contributed by atoms with Gasteiger partial charge in [-0.3, -0.25) is 4.79 Å². The zero-order valence-electron chi connectivity index (χ0n) is 20.2. The van der Waals surface area contributed by atoms with Crippen LogP contribution in [0.3, 0.4) is 0 Å². The van der Waals surface area contributed by atoms with Crippen LogP contribution in [0.1, 0.15) is 28.8 Å². The molecule has 3 amide bonds. The summed E-state index contributed by atoms with van der Waals surface area (Å²) in [6.45, 7) is 3.78. The zero-order chi connectivity index (χ0) is 24.8. The average Bonchev–Trinajstić information content (AvgIpc) is 3.39. The van der Waals surface area contributed by atoms with Gasteiger partial charge in [-0.2, -0.15) is 0 Å². The lowest BCUT2D eigenvalue weighted by Gasteiger charge is -2.22. The van der Waals surface area contributed by atoms with Gasteiger partial charge in [0, 0.05) is 36.1 Å². The van der Waals surface area contributed by atoms with Gasteiger partial charge in [0.1, 0.15) is 0 Å². The van der Waals surface area contributed by atoms with Gasteiger partial charge in [0.2, 0.25) is 0 Å². The number of urea groups is 1. The Labute approximate surface area is 205 Å². The highest BCUT2D eigenvalue weighted by atomic mass is 16.5. The van der Waals surface area contributed by atoms with Crippen LogP contribution in [0, 0.1) is 6.92 Å². The van der Waals surface area contributed by atoms with E-state index in [1.54, 1.807) is 44.6 Å². The van der Waals surface area contributed by atoms with Crippen LogP contribution in [0.2, 0.25) is 0 Å². The van der Waals surface area contributed by atoms with Crippen molar-refractivity contribution in [2.45, 2.75) is 19.8 Å². The lowest BCUT2D eigenvalue weighted by Crippen LogP contribution is -2.24. The van der Waals surface area contributed by atoms with Gasteiger partial charge in [-0.1, -0.05) is 17.7 Å². The number of amides is 3. The molecule has 182 valence electrons. The van der Waals surface area contributed by atoms with Crippen molar-refractivity contribution in [1.29, 1.82) is 0 Å². The monoisotopic (exact) mass is 474 g/mol. The number of anilines is 4.